The zero-order valence-electron chi connectivity index (χ0n) is 18.2. The number of piperidine rings is 1. The van der Waals surface area contributed by atoms with Crippen LogP contribution >= 0.6 is 11.6 Å². The molecule has 0 saturated carbocycles. The number of halogens is 1. The fourth-order valence-corrected chi connectivity index (χ4v) is 4.77. The van der Waals surface area contributed by atoms with Crippen molar-refractivity contribution in [2.45, 2.75) is 39.2 Å². The molecule has 2 heterocycles. The van der Waals surface area contributed by atoms with E-state index < -0.39 is 0 Å². The summed E-state index contributed by atoms with van der Waals surface area (Å²) < 4.78 is 7.17. The molecule has 1 aromatic heterocycles. The molecule has 1 aliphatic heterocycles. The van der Waals surface area contributed by atoms with Crippen LogP contribution in [0.5, 0.6) is 0 Å². The number of para-hydroxylation sites is 1. The summed E-state index contributed by atoms with van der Waals surface area (Å²) in [5.74, 6) is 0.571. The molecule has 0 radical (unpaired) electrons. The van der Waals surface area contributed by atoms with Crippen molar-refractivity contribution in [3.05, 3.63) is 70.9 Å². The molecule has 0 unspecified atom stereocenters. The highest BCUT2D eigenvalue weighted by molar-refractivity contribution is 6.30. The second-order valence-corrected chi connectivity index (χ2v) is 8.91. The highest BCUT2D eigenvalue weighted by atomic mass is 35.5. The van der Waals surface area contributed by atoms with Crippen LogP contribution in [0.25, 0.3) is 10.9 Å². The van der Waals surface area contributed by atoms with E-state index in [4.69, 9.17) is 16.3 Å². The summed E-state index contributed by atoms with van der Waals surface area (Å²) in [5, 5.41) is 2.05. The third-order valence-corrected chi connectivity index (χ3v) is 6.57. The van der Waals surface area contributed by atoms with Crippen LogP contribution in [0.15, 0.2) is 54.7 Å². The molecule has 1 fully saturated rings. The van der Waals surface area contributed by atoms with Crippen LogP contribution in [-0.2, 0) is 28.9 Å². The van der Waals surface area contributed by atoms with E-state index in [0.29, 0.717) is 6.61 Å². The Morgan fingerprint density at radius 3 is 2.58 bits per heavy atom. The van der Waals surface area contributed by atoms with Gasteiger partial charge in [0.15, 0.2) is 0 Å². The quantitative estimate of drug-likeness (QED) is 0.444. The third-order valence-electron chi connectivity index (χ3n) is 6.32. The van der Waals surface area contributed by atoms with Crippen molar-refractivity contribution in [3.63, 3.8) is 0 Å². The molecule has 0 amide bonds. The summed E-state index contributed by atoms with van der Waals surface area (Å²) in [6, 6.07) is 16.6. The van der Waals surface area contributed by atoms with E-state index in [1.807, 2.05) is 29.7 Å². The first-order chi connectivity index (χ1) is 15.1. The Morgan fingerprint density at radius 1 is 1.10 bits per heavy atom. The number of carbonyl (C=O) groups excluding carboxylic acids is 1. The highest BCUT2D eigenvalue weighted by Gasteiger charge is 2.20. The van der Waals surface area contributed by atoms with Crippen LogP contribution in [0.4, 0.5) is 0 Å². The first kappa shape index (κ1) is 21.9. The molecule has 0 aliphatic carbocycles. The van der Waals surface area contributed by atoms with E-state index in [9.17, 15) is 4.79 Å². The van der Waals surface area contributed by atoms with Crippen molar-refractivity contribution < 1.29 is 9.53 Å². The summed E-state index contributed by atoms with van der Waals surface area (Å²) >= 11 is 6.00. The molecule has 3 aromatic rings. The predicted molar refractivity (Wildman–Crippen MR) is 127 cm³/mol. The molecule has 4 rings (SSSR count). The van der Waals surface area contributed by atoms with Gasteiger partial charge in [0.05, 0.1) is 6.61 Å². The zero-order valence-corrected chi connectivity index (χ0v) is 19.0. The minimum absolute atomic E-state index is 0.183. The zero-order chi connectivity index (χ0) is 21.6. The number of rotatable bonds is 8. The molecule has 2 aromatic carbocycles. The van der Waals surface area contributed by atoms with Crippen molar-refractivity contribution in [2.24, 2.45) is 5.92 Å². The number of likely N-dealkylation sites (tertiary alicyclic amines) is 1. The SMILES string of the molecule is CCOC(=O)Cn1cc(CCN2CCC(Cc3ccc(Cl)cc3)CC2)c2ccccc21. The molecule has 4 nitrogen and oxygen atoms in total. The Labute approximate surface area is 189 Å². The standard InChI is InChI=1S/C26H31ClN2O2/c1-2-31-26(30)19-29-18-22(24-5-3-4-6-25(24)29)13-16-28-14-11-21(12-15-28)17-20-7-9-23(27)10-8-20/h3-10,18,21H,2,11-17,19H2,1H3. The fourth-order valence-electron chi connectivity index (χ4n) is 4.65. The summed E-state index contributed by atoms with van der Waals surface area (Å²) in [6.07, 6.45) is 6.76. The van der Waals surface area contributed by atoms with Gasteiger partial charge in [-0.15, -0.1) is 0 Å². The smallest absolute Gasteiger partial charge is 0.325 e. The highest BCUT2D eigenvalue weighted by Crippen LogP contribution is 2.25. The van der Waals surface area contributed by atoms with Crippen LogP contribution in [0.3, 0.4) is 0 Å². The van der Waals surface area contributed by atoms with Gasteiger partial charge >= 0.3 is 5.97 Å². The Bertz CT molecular complexity index is 1000. The number of esters is 1. The summed E-state index contributed by atoms with van der Waals surface area (Å²) in [5.41, 5.74) is 3.80. The van der Waals surface area contributed by atoms with Gasteiger partial charge in [-0.2, -0.15) is 0 Å². The number of nitrogens with zero attached hydrogens (tertiary/aromatic N) is 2. The Morgan fingerprint density at radius 2 is 1.84 bits per heavy atom. The van der Waals surface area contributed by atoms with Crippen LogP contribution in [0.1, 0.15) is 30.9 Å². The van der Waals surface area contributed by atoms with Gasteiger partial charge in [0.2, 0.25) is 0 Å². The molecule has 0 atom stereocenters. The maximum atomic E-state index is 12.0. The second kappa shape index (κ2) is 10.3. The first-order valence-electron chi connectivity index (χ1n) is 11.3. The van der Waals surface area contributed by atoms with E-state index in [1.54, 1.807) is 0 Å². The van der Waals surface area contributed by atoms with Gasteiger partial charge in [0, 0.05) is 28.7 Å². The molecular formula is C26H31ClN2O2. The van der Waals surface area contributed by atoms with Crippen LogP contribution < -0.4 is 0 Å². The predicted octanol–water partition coefficient (Wildman–Crippen LogP) is 5.36. The molecular weight excluding hydrogens is 408 g/mol. The number of fused-ring (bicyclic) bond motifs is 1. The first-order valence-corrected chi connectivity index (χ1v) is 11.7. The lowest BCUT2D eigenvalue weighted by atomic mass is 9.90. The van der Waals surface area contributed by atoms with E-state index in [0.717, 1.165) is 48.9 Å². The summed E-state index contributed by atoms with van der Waals surface area (Å²) in [6.45, 7) is 5.89. The number of benzene rings is 2. The molecule has 5 heteroatoms. The third kappa shape index (κ3) is 5.69. The molecule has 0 N–H and O–H groups in total. The lowest BCUT2D eigenvalue weighted by Crippen LogP contribution is -2.35. The van der Waals surface area contributed by atoms with E-state index in [2.05, 4.69) is 41.4 Å². The molecule has 31 heavy (non-hydrogen) atoms. The lowest BCUT2D eigenvalue weighted by molar-refractivity contribution is -0.143. The lowest BCUT2D eigenvalue weighted by Gasteiger charge is -2.32. The monoisotopic (exact) mass is 438 g/mol. The van der Waals surface area contributed by atoms with Gasteiger partial charge in [0.25, 0.3) is 0 Å². The molecule has 1 aliphatic rings. The second-order valence-electron chi connectivity index (χ2n) is 8.47. The summed E-state index contributed by atoms with van der Waals surface area (Å²) in [7, 11) is 0. The largest absolute Gasteiger partial charge is 0.465 e. The Kier molecular flexibility index (Phi) is 7.31. The molecule has 0 spiro atoms. The van der Waals surface area contributed by atoms with E-state index >= 15 is 0 Å². The fraction of sp³-hybridized carbons (Fsp3) is 0.423. The van der Waals surface area contributed by atoms with Gasteiger partial charge in [-0.3, -0.25) is 4.79 Å². The van der Waals surface area contributed by atoms with Gasteiger partial charge in [-0.1, -0.05) is 41.9 Å². The molecule has 1 saturated heterocycles. The molecule has 0 bridgehead atoms. The minimum atomic E-state index is -0.183. The minimum Gasteiger partial charge on any atom is -0.465 e. The topological polar surface area (TPSA) is 34.5 Å². The average molecular weight is 439 g/mol. The normalized spacial score (nSPS) is 15.4. The Hall–Kier alpha value is -2.30. The number of hydrogen-bond acceptors (Lipinski definition) is 3. The van der Waals surface area contributed by atoms with Gasteiger partial charge in [0.1, 0.15) is 6.54 Å². The van der Waals surface area contributed by atoms with Crippen LogP contribution in [0.2, 0.25) is 5.02 Å². The van der Waals surface area contributed by atoms with Crippen molar-refractivity contribution in [1.82, 2.24) is 9.47 Å². The Balaban J connectivity index is 1.32. The van der Waals surface area contributed by atoms with Crippen LogP contribution in [-0.4, -0.2) is 41.7 Å². The van der Waals surface area contributed by atoms with E-state index in [1.165, 1.54) is 29.4 Å². The van der Waals surface area contributed by atoms with Crippen LogP contribution in [0, 0.1) is 5.92 Å². The van der Waals surface area contributed by atoms with Crippen molar-refractivity contribution >= 4 is 28.5 Å². The van der Waals surface area contributed by atoms with Gasteiger partial charge in [-0.25, -0.2) is 0 Å². The average Bonchev–Trinajstić information content (AvgIpc) is 3.12. The van der Waals surface area contributed by atoms with Gasteiger partial charge < -0.3 is 14.2 Å². The van der Waals surface area contributed by atoms with E-state index in [-0.39, 0.29) is 12.5 Å². The van der Waals surface area contributed by atoms with Crippen molar-refractivity contribution in [3.8, 4) is 0 Å². The number of ether oxygens (including phenoxy) is 1. The molecule has 164 valence electrons. The maximum Gasteiger partial charge on any atom is 0.325 e. The number of carbonyl (C=O) groups is 1. The number of aromatic nitrogens is 1. The number of hydrogen-bond donors (Lipinski definition) is 0. The van der Waals surface area contributed by atoms with Gasteiger partial charge in [-0.05, 0) is 80.9 Å². The maximum absolute atomic E-state index is 12.0. The summed E-state index contributed by atoms with van der Waals surface area (Å²) in [4.78, 5) is 14.6. The van der Waals surface area contributed by atoms with Crippen molar-refractivity contribution in [1.29, 1.82) is 0 Å². The van der Waals surface area contributed by atoms with Crippen molar-refractivity contribution in [2.75, 3.05) is 26.2 Å².